The molecule has 2 rings (SSSR count). The van der Waals surface area contributed by atoms with Crippen molar-refractivity contribution in [2.45, 2.75) is 20.0 Å². The van der Waals surface area contributed by atoms with Gasteiger partial charge in [0.2, 0.25) is 0 Å². The van der Waals surface area contributed by atoms with Gasteiger partial charge in [0.25, 0.3) is 5.91 Å². The molecule has 26 heavy (non-hydrogen) atoms. The Kier molecular flexibility index (Phi) is 6.43. The maximum absolute atomic E-state index is 12.8. The molecule has 0 aromatic heterocycles. The van der Waals surface area contributed by atoms with Gasteiger partial charge in [0.05, 0.1) is 0 Å². The SMILES string of the molecule is CC(=O)c1ccc(NC(=O)[C@H](C)OC(=O)COc2ccc(F)cc2)cc1. The lowest BCUT2D eigenvalue weighted by Gasteiger charge is -2.14. The predicted octanol–water partition coefficient (Wildman–Crippen LogP) is 2.98. The molecule has 2 aromatic carbocycles. The van der Waals surface area contributed by atoms with E-state index in [-0.39, 0.29) is 5.78 Å². The summed E-state index contributed by atoms with van der Waals surface area (Å²) in [5, 5.41) is 2.58. The highest BCUT2D eigenvalue weighted by molar-refractivity contribution is 5.97. The Morgan fingerprint density at radius 3 is 2.23 bits per heavy atom. The first-order valence-electron chi connectivity index (χ1n) is 7.85. The molecule has 1 atom stereocenters. The number of hydrogen-bond donors (Lipinski definition) is 1. The lowest BCUT2D eigenvalue weighted by Crippen LogP contribution is -2.31. The highest BCUT2D eigenvalue weighted by Crippen LogP contribution is 2.12. The smallest absolute Gasteiger partial charge is 0.344 e. The number of Topliss-reactive ketones (excluding diaryl/α,β-unsaturated/α-hetero) is 1. The number of anilines is 1. The van der Waals surface area contributed by atoms with E-state index in [1.54, 1.807) is 24.3 Å². The largest absolute Gasteiger partial charge is 0.482 e. The van der Waals surface area contributed by atoms with Crippen LogP contribution in [0.3, 0.4) is 0 Å². The van der Waals surface area contributed by atoms with E-state index in [0.717, 1.165) is 0 Å². The molecule has 0 unspecified atom stereocenters. The van der Waals surface area contributed by atoms with E-state index in [0.29, 0.717) is 17.0 Å². The number of rotatable bonds is 7. The van der Waals surface area contributed by atoms with Crippen LogP contribution in [0.1, 0.15) is 24.2 Å². The van der Waals surface area contributed by atoms with Crippen molar-refractivity contribution in [3.63, 3.8) is 0 Å². The number of benzene rings is 2. The van der Waals surface area contributed by atoms with Crippen molar-refractivity contribution in [1.29, 1.82) is 0 Å². The molecular formula is C19H18FNO5. The van der Waals surface area contributed by atoms with Crippen molar-refractivity contribution in [3.05, 3.63) is 59.9 Å². The molecule has 0 bridgehead atoms. The van der Waals surface area contributed by atoms with Crippen molar-refractivity contribution in [3.8, 4) is 5.75 Å². The maximum Gasteiger partial charge on any atom is 0.344 e. The van der Waals surface area contributed by atoms with E-state index in [1.165, 1.54) is 38.1 Å². The average molecular weight is 359 g/mol. The summed E-state index contributed by atoms with van der Waals surface area (Å²) in [6.07, 6.45) is -1.04. The van der Waals surface area contributed by atoms with Crippen LogP contribution in [-0.2, 0) is 14.3 Å². The highest BCUT2D eigenvalue weighted by atomic mass is 19.1. The lowest BCUT2D eigenvalue weighted by atomic mass is 10.1. The van der Waals surface area contributed by atoms with Crippen molar-refractivity contribution in [1.82, 2.24) is 0 Å². The van der Waals surface area contributed by atoms with Gasteiger partial charge in [-0.2, -0.15) is 0 Å². The van der Waals surface area contributed by atoms with Crippen molar-refractivity contribution >= 4 is 23.3 Å². The van der Waals surface area contributed by atoms with E-state index in [4.69, 9.17) is 9.47 Å². The number of amides is 1. The summed E-state index contributed by atoms with van der Waals surface area (Å²) in [5.74, 6) is -1.43. The van der Waals surface area contributed by atoms with E-state index in [9.17, 15) is 18.8 Å². The first-order valence-corrected chi connectivity index (χ1v) is 7.85. The van der Waals surface area contributed by atoms with E-state index in [1.807, 2.05) is 0 Å². The summed E-state index contributed by atoms with van der Waals surface area (Å²) < 4.78 is 22.9. The van der Waals surface area contributed by atoms with Crippen LogP contribution in [0.25, 0.3) is 0 Å². The third-order valence-corrected chi connectivity index (χ3v) is 3.41. The minimum atomic E-state index is -1.04. The Hall–Kier alpha value is -3.22. The van der Waals surface area contributed by atoms with Crippen LogP contribution in [0.4, 0.5) is 10.1 Å². The van der Waals surface area contributed by atoms with E-state index < -0.39 is 30.4 Å². The number of ether oxygens (including phenoxy) is 2. The molecule has 2 aromatic rings. The first kappa shape index (κ1) is 19.1. The topological polar surface area (TPSA) is 81.7 Å². The molecule has 6 nitrogen and oxygen atoms in total. The van der Waals surface area contributed by atoms with Gasteiger partial charge in [-0.3, -0.25) is 9.59 Å². The molecule has 0 aliphatic heterocycles. The Morgan fingerprint density at radius 1 is 1.04 bits per heavy atom. The van der Waals surface area contributed by atoms with Gasteiger partial charge >= 0.3 is 5.97 Å². The molecule has 0 saturated heterocycles. The second kappa shape index (κ2) is 8.75. The molecule has 0 aliphatic rings. The molecule has 1 N–H and O–H groups in total. The Morgan fingerprint density at radius 2 is 1.65 bits per heavy atom. The third-order valence-electron chi connectivity index (χ3n) is 3.41. The Balaban J connectivity index is 1.80. The zero-order chi connectivity index (χ0) is 19.1. The lowest BCUT2D eigenvalue weighted by molar-refractivity contribution is -0.155. The molecular weight excluding hydrogens is 341 g/mol. The summed E-state index contributed by atoms with van der Waals surface area (Å²) in [6, 6.07) is 11.5. The van der Waals surface area contributed by atoms with Crippen molar-refractivity contribution in [2.24, 2.45) is 0 Å². The quantitative estimate of drug-likeness (QED) is 0.607. The molecule has 0 spiro atoms. The molecule has 0 radical (unpaired) electrons. The van der Waals surface area contributed by atoms with Crippen LogP contribution >= 0.6 is 0 Å². The fourth-order valence-corrected chi connectivity index (χ4v) is 1.99. The minimum absolute atomic E-state index is 0.0775. The molecule has 0 fully saturated rings. The molecule has 0 aliphatic carbocycles. The fraction of sp³-hybridized carbons (Fsp3) is 0.211. The fourth-order valence-electron chi connectivity index (χ4n) is 1.99. The summed E-state index contributed by atoms with van der Waals surface area (Å²) in [5.41, 5.74) is 1.01. The number of hydrogen-bond acceptors (Lipinski definition) is 5. The average Bonchev–Trinajstić information content (AvgIpc) is 2.61. The predicted molar refractivity (Wildman–Crippen MR) is 92.5 cm³/mol. The number of nitrogens with one attached hydrogen (secondary N) is 1. The monoisotopic (exact) mass is 359 g/mol. The minimum Gasteiger partial charge on any atom is -0.482 e. The van der Waals surface area contributed by atoms with Crippen LogP contribution in [0.2, 0.25) is 0 Å². The van der Waals surface area contributed by atoms with Gasteiger partial charge in [0.1, 0.15) is 11.6 Å². The van der Waals surface area contributed by atoms with Gasteiger partial charge in [-0.05, 0) is 62.4 Å². The van der Waals surface area contributed by atoms with Gasteiger partial charge in [0.15, 0.2) is 18.5 Å². The first-order chi connectivity index (χ1) is 12.3. The third kappa shape index (κ3) is 5.70. The van der Waals surface area contributed by atoms with Crippen molar-refractivity contribution in [2.75, 3.05) is 11.9 Å². The molecule has 7 heteroatoms. The Bertz CT molecular complexity index is 787. The molecule has 1 amide bonds. The van der Waals surface area contributed by atoms with Gasteiger partial charge in [-0.1, -0.05) is 0 Å². The van der Waals surface area contributed by atoms with Crippen LogP contribution in [0.5, 0.6) is 5.75 Å². The van der Waals surface area contributed by atoms with Crippen LogP contribution in [0.15, 0.2) is 48.5 Å². The van der Waals surface area contributed by atoms with Gasteiger partial charge in [-0.15, -0.1) is 0 Å². The van der Waals surface area contributed by atoms with E-state index in [2.05, 4.69) is 5.32 Å². The van der Waals surface area contributed by atoms with Crippen LogP contribution in [-0.4, -0.2) is 30.4 Å². The standard InChI is InChI=1S/C19H18FNO5/c1-12(22)14-3-7-16(8-4-14)21-19(24)13(2)26-18(23)11-25-17-9-5-15(20)6-10-17/h3-10,13H,11H2,1-2H3,(H,21,24)/t13-/m0/s1. The number of halogens is 1. The van der Waals surface area contributed by atoms with Gasteiger partial charge in [0, 0.05) is 11.3 Å². The van der Waals surface area contributed by atoms with Crippen molar-refractivity contribution < 1.29 is 28.2 Å². The maximum atomic E-state index is 12.8. The van der Waals surface area contributed by atoms with Crippen LogP contribution in [0, 0.1) is 5.82 Å². The summed E-state index contributed by atoms with van der Waals surface area (Å²) in [7, 11) is 0. The van der Waals surface area contributed by atoms with Gasteiger partial charge in [-0.25, -0.2) is 9.18 Å². The summed E-state index contributed by atoms with van der Waals surface area (Å²) in [6.45, 7) is 2.47. The number of ketones is 1. The molecule has 0 heterocycles. The number of carbonyl (C=O) groups excluding carboxylic acids is 3. The molecule has 136 valence electrons. The molecule has 0 saturated carbocycles. The van der Waals surface area contributed by atoms with E-state index >= 15 is 0 Å². The van der Waals surface area contributed by atoms with Crippen LogP contribution < -0.4 is 10.1 Å². The second-order valence-corrected chi connectivity index (χ2v) is 5.50. The summed E-state index contributed by atoms with van der Waals surface area (Å²) >= 11 is 0. The number of esters is 1. The van der Waals surface area contributed by atoms with Gasteiger partial charge < -0.3 is 14.8 Å². The Labute approximate surface area is 149 Å². The highest BCUT2D eigenvalue weighted by Gasteiger charge is 2.18. The zero-order valence-corrected chi connectivity index (χ0v) is 14.3. The number of carbonyl (C=O) groups is 3. The summed E-state index contributed by atoms with van der Waals surface area (Å²) in [4.78, 5) is 35.0. The normalized spacial score (nSPS) is 11.3. The zero-order valence-electron chi connectivity index (χ0n) is 14.3. The second-order valence-electron chi connectivity index (χ2n) is 5.50.